The number of benzene rings is 1. The summed E-state index contributed by atoms with van der Waals surface area (Å²) in [5.41, 5.74) is 6.15. The van der Waals surface area contributed by atoms with E-state index in [2.05, 4.69) is 4.90 Å². The number of hydrogen-bond donors (Lipinski definition) is 1. The predicted molar refractivity (Wildman–Crippen MR) is 92.9 cm³/mol. The molecule has 1 aromatic carbocycles. The Kier molecular flexibility index (Phi) is 5.39. The van der Waals surface area contributed by atoms with Gasteiger partial charge in [-0.05, 0) is 25.8 Å². The van der Waals surface area contributed by atoms with Crippen LogP contribution in [0.4, 0.5) is 8.78 Å². The summed E-state index contributed by atoms with van der Waals surface area (Å²) in [6, 6.07) is 3.56. The molecule has 2 fully saturated rings. The summed E-state index contributed by atoms with van der Waals surface area (Å²) in [4.78, 5) is 16.8. The quantitative estimate of drug-likeness (QED) is 0.911. The molecule has 2 aliphatic rings. The molecule has 0 bridgehead atoms. The maximum atomic E-state index is 14.0. The topological polar surface area (TPSA) is 49.6 Å². The Morgan fingerprint density at radius 2 is 1.76 bits per heavy atom. The van der Waals surface area contributed by atoms with Crippen molar-refractivity contribution in [3.05, 3.63) is 35.4 Å². The molecule has 0 spiro atoms. The highest BCUT2D eigenvalue weighted by molar-refractivity contribution is 5.86. The van der Waals surface area contributed by atoms with Gasteiger partial charge in [-0.15, -0.1) is 0 Å². The second kappa shape index (κ2) is 7.38. The van der Waals surface area contributed by atoms with E-state index in [1.54, 1.807) is 0 Å². The second-order valence-electron chi connectivity index (χ2n) is 7.39. The Labute approximate surface area is 148 Å². The van der Waals surface area contributed by atoms with E-state index >= 15 is 0 Å². The lowest BCUT2D eigenvalue weighted by atomic mass is 9.81. The highest BCUT2D eigenvalue weighted by atomic mass is 19.1. The van der Waals surface area contributed by atoms with Crippen LogP contribution in [0, 0.1) is 11.6 Å². The van der Waals surface area contributed by atoms with Crippen LogP contribution in [0.25, 0.3) is 0 Å². The molecule has 1 amide bonds. The molecule has 1 saturated carbocycles. The summed E-state index contributed by atoms with van der Waals surface area (Å²) in [7, 11) is 0. The van der Waals surface area contributed by atoms with Gasteiger partial charge in [-0.3, -0.25) is 9.69 Å². The Bertz CT molecular complexity index is 623. The lowest BCUT2D eigenvalue weighted by Gasteiger charge is -2.42. The summed E-state index contributed by atoms with van der Waals surface area (Å²) in [5.74, 6) is -1.02. The third kappa shape index (κ3) is 3.85. The van der Waals surface area contributed by atoms with Crippen LogP contribution < -0.4 is 5.73 Å². The summed E-state index contributed by atoms with van der Waals surface area (Å²) in [6.45, 7) is 4.45. The molecular weight excluding hydrogens is 324 g/mol. The molecule has 0 radical (unpaired) electrons. The number of piperazine rings is 1. The van der Waals surface area contributed by atoms with Crippen molar-refractivity contribution in [2.75, 3.05) is 26.2 Å². The van der Waals surface area contributed by atoms with Gasteiger partial charge in [-0.25, -0.2) is 8.78 Å². The minimum absolute atomic E-state index is 0.0625. The van der Waals surface area contributed by atoms with Gasteiger partial charge >= 0.3 is 0 Å². The van der Waals surface area contributed by atoms with Crippen molar-refractivity contribution >= 4 is 5.91 Å². The lowest BCUT2D eigenvalue weighted by Crippen LogP contribution is -2.60. The molecule has 138 valence electrons. The number of nitrogens with two attached hydrogens (primary N) is 1. The number of carbonyl (C=O) groups is 1. The maximum Gasteiger partial charge on any atom is 0.242 e. The van der Waals surface area contributed by atoms with Crippen molar-refractivity contribution in [2.45, 2.75) is 50.6 Å². The van der Waals surface area contributed by atoms with Crippen molar-refractivity contribution < 1.29 is 13.6 Å². The third-order valence-electron chi connectivity index (χ3n) is 5.73. The van der Waals surface area contributed by atoms with E-state index in [1.807, 2.05) is 11.8 Å². The van der Waals surface area contributed by atoms with Crippen LogP contribution >= 0.6 is 0 Å². The fourth-order valence-corrected chi connectivity index (χ4v) is 4.06. The van der Waals surface area contributed by atoms with Crippen LogP contribution in [0.5, 0.6) is 0 Å². The van der Waals surface area contributed by atoms with Crippen LogP contribution in [0.2, 0.25) is 0 Å². The van der Waals surface area contributed by atoms with E-state index in [-0.39, 0.29) is 11.9 Å². The van der Waals surface area contributed by atoms with Gasteiger partial charge in [0.15, 0.2) is 0 Å². The Balaban J connectivity index is 1.60. The van der Waals surface area contributed by atoms with Crippen molar-refractivity contribution in [1.82, 2.24) is 9.80 Å². The van der Waals surface area contributed by atoms with Gasteiger partial charge in [0.25, 0.3) is 0 Å². The Hall–Kier alpha value is -1.53. The molecule has 25 heavy (non-hydrogen) atoms. The third-order valence-corrected chi connectivity index (χ3v) is 5.73. The Morgan fingerprint density at radius 3 is 2.36 bits per heavy atom. The summed E-state index contributed by atoms with van der Waals surface area (Å²) in [6.07, 6.45) is 4.72. The van der Waals surface area contributed by atoms with E-state index in [0.29, 0.717) is 31.7 Å². The Morgan fingerprint density at radius 1 is 1.12 bits per heavy atom. The van der Waals surface area contributed by atoms with E-state index in [9.17, 15) is 13.6 Å². The van der Waals surface area contributed by atoms with Crippen LogP contribution in [-0.4, -0.2) is 47.4 Å². The van der Waals surface area contributed by atoms with Crippen LogP contribution in [0.15, 0.2) is 18.2 Å². The van der Waals surface area contributed by atoms with Gasteiger partial charge in [0.1, 0.15) is 11.6 Å². The number of rotatable bonds is 3. The van der Waals surface area contributed by atoms with Crippen molar-refractivity contribution in [2.24, 2.45) is 5.73 Å². The van der Waals surface area contributed by atoms with Crippen molar-refractivity contribution in [3.63, 3.8) is 0 Å². The molecule has 1 aliphatic heterocycles. The van der Waals surface area contributed by atoms with Gasteiger partial charge in [0.2, 0.25) is 5.91 Å². The highest BCUT2D eigenvalue weighted by Crippen LogP contribution is 2.29. The smallest absolute Gasteiger partial charge is 0.242 e. The zero-order chi connectivity index (χ0) is 18.0. The monoisotopic (exact) mass is 351 g/mol. The highest BCUT2D eigenvalue weighted by Gasteiger charge is 2.39. The number of amides is 1. The summed E-state index contributed by atoms with van der Waals surface area (Å²) < 4.78 is 27.1. The SMILES string of the molecule is CC(c1ccc(F)cc1F)N1CCN(C(=O)C2(N)CCCCC2)CC1. The fourth-order valence-electron chi connectivity index (χ4n) is 4.06. The van der Waals surface area contributed by atoms with E-state index in [1.165, 1.54) is 12.1 Å². The van der Waals surface area contributed by atoms with E-state index < -0.39 is 17.2 Å². The molecule has 1 saturated heterocycles. The van der Waals surface area contributed by atoms with Crippen LogP contribution in [0.1, 0.15) is 50.6 Å². The maximum absolute atomic E-state index is 14.0. The molecule has 0 aromatic heterocycles. The molecule has 4 nitrogen and oxygen atoms in total. The lowest BCUT2D eigenvalue weighted by molar-refractivity contribution is -0.140. The number of carbonyl (C=O) groups excluding carboxylic acids is 1. The second-order valence-corrected chi connectivity index (χ2v) is 7.39. The summed E-state index contributed by atoms with van der Waals surface area (Å²) >= 11 is 0. The van der Waals surface area contributed by atoms with Gasteiger partial charge in [-0.2, -0.15) is 0 Å². The van der Waals surface area contributed by atoms with Crippen molar-refractivity contribution in [3.8, 4) is 0 Å². The van der Waals surface area contributed by atoms with Crippen LogP contribution in [-0.2, 0) is 4.79 Å². The summed E-state index contributed by atoms with van der Waals surface area (Å²) in [5, 5.41) is 0. The van der Waals surface area contributed by atoms with Gasteiger partial charge in [0, 0.05) is 43.9 Å². The molecule has 2 N–H and O–H groups in total. The van der Waals surface area contributed by atoms with Gasteiger partial charge in [0.05, 0.1) is 5.54 Å². The van der Waals surface area contributed by atoms with E-state index in [0.717, 1.165) is 38.2 Å². The molecule has 1 heterocycles. The predicted octanol–water partition coefficient (Wildman–Crippen LogP) is 2.83. The molecule has 1 aromatic rings. The molecule has 1 aliphatic carbocycles. The molecule has 1 unspecified atom stereocenters. The first kappa shape index (κ1) is 18.3. The number of halogens is 2. The normalized spacial score (nSPS) is 22.6. The standard InChI is InChI=1S/C19H27F2N3O/c1-14(16-6-5-15(20)13-17(16)21)23-9-11-24(12-10-23)18(25)19(22)7-3-2-4-8-19/h5-6,13-14H,2-4,7-12,22H2,1H3. The average Bonchev–Trinajstić information content (AvgIpc) is 2.61. The number of hydrogen-bond acceptors (Lipinski definition) is 3. The van der Waals surface area contributed by atoms with Gasteiger partial charge < -0.3 is 10.6 Å². The molecule has 6 heteroatoms. The average molecular weight is 351 g/mol. The largest absolute Gasteiger partial charge is 0.339 e. The van der Waals surface area contributed by atoms with E-state index in [4.69, 9.17) is 5.73 Å². The first-order chi connectivity index (χ1) is 11.9. The minimum Gasteiger partial charge on any atom is -0.339 e. The first-order valence-corrected chi connectivity index (χ1v) is 9.18. The molecule has 1 atom stereocenters. The zero-order valence-corrected chi connectivity index (χ0v) is 14.8. The fraction of sp³-hybridized carbons (Fsp3) is 0.632. The van der Waals surface area contributed by atoms with Crippen LogP contribution in [0.3, 0.4) is 0 Å². The molecule has 3 rings (SSSR count). The first-order valence-electron chi connectivity index (χ1n) is 9.18. The molecular formula is C19H27F2N3O. The minimum atomic E-state index is -0.699. The van der Waals surface area contributed by atoms with Crippen molar-refractivity contribution in [1.29, 1.82) is 0 Å². The van der Waals surface area contributed by atoms with Gasteiger partial charge in [-0.1, -0.05) is 25.3 Å². The zero-order valence-electron chi connectivity index (χ0n) is 14.8. The number of nitrogens with zero attached hydrogens (tertiary/aromatic N) is 2.